The lowest BCUT2D eigenvalue weighted by atomic mass is 10.2. The molecule has 1 saturated heterocycles. The van der Waals surface area contributed by atoms with E-state index in [2.05, 4.69) is 0 Å². The van der Waals surface area contributed by atoms with E-state index < -0.39 is 47.4 Å². The van der Waals surface area contributed by atoms with Gasteiger partial charge in [0.25, 0.3) is 11.0 Å². The van der Waals surface area contributed by atoms with Crippen molar-refractivity contribution >= 4 is 34.8 Å². The smallest absolute Gasteiger partial charge is 0.378 e. The summed E-state index contributed by atoms with van der Waals surface area (Å²) < 4.78 is 24.7. The molecule has 120 valence electrons. The first-order chi connectivity index (χ1) is 10.3. The zero-order chi connectivity index (χ0) is 16.4. The van der Waals surface area contributed by atoms with E-state index in [-0.39, 0.29) is 12.4 Å². The zero-order valence-corrected chi connectivity index (χ0v) is 12.2. The molecule has 0 N–H and O–H groups in total. The number of carbonyl (C=O) groups is 4. The van der Waals surface area contributed by atoms with Crippen molar-refractivity contribution in [3.8, 4) is 0 Å². The molecular weight excluding hydrogens is 324 g/mol. The summed E-state index contributed by atoms with van der Waals surface area (Å²) >= 11 is 5.24. The topological polar surface area (TPSA) is 114 Å². The lowest BCUT2D eigenvalue weighted by Gasteiger charge is -2.17. The normalized spacial score (nSPS) is 27.6. The number of halogens is 1. The molecule has 0 amide bonds. The van der Waals surface area contributed by atoms with Crippen LogP contribution >= 0.6 is 11.6 Å². The Kier molecular flexibility index (Phi) is 4.79. The molecule has 1 fully saturated rings. The molecule has 0 aromatic carbocycles. The molecule has 0 bridgehead atoms. The van der Waals surface area contributed by atoms with Gasteiger partial charge in [-0.25, -0.2) is 4.79 Å². The minimum absolute atomic E-state index is 0.140. The van der Waals surface area contributed by atoms with Crippen molar-refractivity contribution in [3.63, 3.8) is 0 Å². The molecule has 0 aromatic rings. The predicted octanol–water partition coefficient (Wildman–Crippen LogP) is -0.244. The summed E-state index contributed by atoms with van der Waals surface area (Å²) in [5.41, 5.74) is 0. The highest BCUT2D eigenvalue weighted by Gasteiger charge is 2.48. The fourth-order valence-electron chi connectivity index (χ4n) is 1.89. The van der Waals surface area contributed by atoms with Crippen LogP contribution in [0.5, 0.6) is 0 Å². The molecule has 2 heterocycles. The standard InChI is InChI=1S/C12H11ClO9/c1-4(14)19-8-7(6-3-18-12(21-6)10(13)16)22-11(17)9(8)20-5(2)15/h6-7,12H,3H2,1-2H3/t6-,7+,12?/m0/s1. The monoisotopic (exact) mass is 334 g/mol. The second kappa shape index (κ2) is 6.42. The Morgan fingerprint density at radius 2 is 1.82 bits per heavy atom. The third-order valence-electron chi connectivity index (χ3n) is 2.63. The summed E-state index contributed by atoms with van der Waals surface area (Å²) in [6, 6.07) is 0. The summed E-state index contributed by atoms with van der Waals surface area (Å²) in [5.74, 6) is -3.41. The SMILES string of the molecule is CC(=O)OC1=C(OC(C)=O)[C@@H]([C@@H]2COC(C(=O)Cl)O2)OC1=O. The third-order valence-corrected chi connectivity index (χ3v) is 2.81. The molecule has 2 rings (SSSR count). The molecule has 0 saturated carbocycles. The molecule has 1 unspecified atom stereocenters. The molecule has 0 aliphatic carbocycles. The van der Waals surface area contributed by atoms with Crippen LogP contribution in [0, 0.1) is 0 Å². The largest absolute Gasteiger partial charge is 0.445 e. The molecule has 0 spiro atoms. The van der Waals surface area contributed by atoms with Crippen LogP contribution in [0.4, 0.5) is 0 Å². The van der Waals surface area contributed by atoms with Gasteiger partial charge in [0, 0.05) is 13.8 Å². The van der Waals surface area contributed by atoms with Gasteiger partial charge in [-0.15, -0.1) is 0 Å². The Labute approximate surface area is 129 Å². The number of hydrogen-bond donors (Lipinski definition) is 0. The van der Waals surface area contributed by atoms with E-state index in [1.54, 1.807) is 0 Å². The zero-order valence-electron chi connectivity index (χ0n) is 11.5. The molecule has 0 aromatic heterocycles. The van der Waals surface area contributed by atoms with Crippen molar-refractivity contribution < 1.29 is 42.9 Å². The maximum Gasteiger partial charge on any atom is 0.378 e. The van der Waals surface area contributed by atoms with E-state index in [0.29, 0.717) is 0 Å². The maximum atomic E-state index is 11.7. The maximum absolute atomic E-state index is 11.7. The Balaban J connectivity index is 2.25. The van der Waals surface area contributed by atoms with Crippen LogP contribution in [0.2, 0.25) is 0 Å². The Morgan fingerprint density at radius 1 is 1.18 bits per heavy atom. The number of ether oxygens (including phenoxy) is 5. The summed E-state index contributed by atoms with van der Waals surface area (Å²) in [7, 11) is 0. The van der Waals surface area contributed by atoms with E-state index >= 15 is 0 Å². The van der Waals surface area contributed by atoms with Crippen LogP contribution in [0.15, 0.2) is 11.5 Å². The summed E-state index contributed by atoms with van der Waals surface area (Å²) in [6.07, 6.45) is -3.47. The average molecular weight is 335 g/mol. The number of cyclic esters (lactones) is 1. The fourth-order valence-corrected chi connectivity index (χ4v) is 2.00. The Bertz CT molecular complexity index is 567. The van der Waals surface area contributed by atoms with Crippen molar-refractivity contribution in [1.29, 1.82) is 0 Å². The summed E-state index contributed by atoms with van der Waals surface area (Å²) in [5, 5.41) is -0.884. The predicted molar refractivity (Wildman–Crippen MR) is 65.9 cm³/mol. The molecule has 22 heavy (non-hydrogen) atoms. The van der Waals surface area contributed by atoms with Gasteiger partial charge in [0.15, 0.2) is 6.10 Å². The minimum Gasteiger partial charge on any atom is -0.445 e. The van der Waals surface area contributed by atoms with Gasteiger partial charge in [-0.2, -0.15) is 0 Å². The van der Waals surface area contributed by atoms with Crippen LogP contribution in [0.1, 0.15) is 13.8 Å². The van der Waals surface area contributed by atoms with Crippen LogP contribution in [-0.2, 0) is 42.9 Å². The van der Waals surface area contributed by atoms with E-state index in [0.717, 1.165) is 13.8 Å². The first-order valence-electron chi connectivity index (χ1n) is 6.08. The molecule has 10 heteroatoms. The summed E-state index contributed by atoms with van der Waals surface area (Å²) in [6.45, 7) is 2.02. The quantitative estimate of drug-likeness (QED) is 0.390. The van der Waals surface area contributed by atoms with Gasteiger partial charge < -0.3 is 23.7 Å². The molecule has 2 aliphatic rings. The van der Waals surface area contributed by atoms with E-state index in [9.17, 15) is 19.2 Å². The van der Waals surface area contributed by atoms with Gasteiger partial charge in [-0.05, 0) is 11.6 Å². The van der Waals surface area contributed by atoms with Crippen molar-refractivity contribution in [3.05, 3.63) is 11.5 Å². The second-order valence-electron chi connectivity index (χ2n) is 4.35. The van der Waals surface area contributed by atoms with Gasteiger partial charge >= 0.3 is 17.9 Å². The lowest BCUT2D eigenvalue weighted by Crippen LogP contribution is -2.33. The van der Waals surface area contributed by atoms with Crippen molar-refractivity contribution in [1.82, 2.24) is 0 Å². The van der Waals surface area contributed by atoms with Crippen molar-refractivity contribution in [2.75, 3.05) is 6.61 Å². The third kappa shape index (κ3) is 3.43. The number of hydrogen-bond acceptors (Lipinski definition) is 9. The fraction of sp³-hybridized carbons (Fsp3) is 0.500. The van der Waals surface area contributed by atoms with Crippen LogP contribution in [-0.4, -0.2) is 48.3 Å². The summed E-state index contributed by atoms with van der Waals surface area (Å²) in [4.78, 5) is 44.9. The molecule has 3 atom stereocenters. The first-order valence-corrected chi connectivity index (χ1v) is 6.45. The van der Waals surface area contributed by atoms with E-state index in [1.807, 2.05) is 0 Å². The van der Waals surface area contributed by atoms with Gasteiger partial charge in [0.2, 0.25) is 12.0 Å². The highest BCUT2D eigenvalue weighted by atomic mass is 35.5. The van der Waals surface area contributed by atoms with Gasteiger partial charge in [0.1, 0.15) is 6.10 Å². The van der Waals surface area contributed by atoms with Crippen LogP contribution < -0.4 is 0 Å². The van der Waals surface area contributed by atoms with Crippen LogP contribution in [0.3, 0.4) is 0 Å². The second-order valence-corrected chi connectivity index (χ2v) is 4.72. The highest BCUT2D eigenvalue weighted by Crippen LogP contribution is 2.31. The van der Waals surface area contributed by atoms with Gasteiger partial charge in [-0.3, -0.25) is 14.4 Å². The van der Waals surface area contributed by atoms with Crippen LogP contribution in [0.25, 0.3) is 0 Å². The molecule has 9 nitrogen and oxygen atoms in total. The van der Waals surface area contributed by atoms with Crippen molar-refractivity contribution in [2.45, 2.75) is 32.3 Å². The van der Waals surface area contributed by atoms with Gasteiger partial charge in [0.05, 0.1) is 6.61 Å². The molecular formula is C12H11ClO9. The number of carbonyl (C=O) groups excluding carboxylic acids is 4. The number of esters is 3. The molecule has 0 radical (unpaired) electrons. The van der Waals surface area contributed by atoms with E-state index in [4.69, 9.17) is 35.3 Å². The van der Waals surface area contributed by atoms with Crippen molar-refractivity contribution in [2.24, 2.45) is 0 Å². The minimum atomic E-state index is -1.32. The van der Waals surface area contributed by atoms with E-state index in [1.165, 1.54) is 0 Å². The molecule has 2 aliphatic heterocycles. The Morgan fingerprint density at radius 3 is 2.32 bits per heavy atom. The number of rotatable bonds is 4. The average Bonchev–Trinajstić information content (AvgIpc) is 2.97. The highest BCUT2D eigenvalue weighted by molar-refractivity contribution is 6.64. The van der Waals surface area contributed by atoms with Gasteiger partial charge in [-0.1, -0.05) is 0 Å². The lowest BCUT2D eigenvalue weighted by molar-refractivity contribution is -0.155. The first kappa shape index (κ1) is 16.4. The Hall–Kier alpha value is -1.97.